The Balaban J connectivity index is 1.51. The number of benzene rings is 2. The van der Waals surface area contributed by atoms with Crippen LogP contribution < -0.4 is 20.1 Å². The van der Waals surface area contributed by atoms with E-state index in [4.69, 9.17) is 9.47 Å². The summed E-state index contributed by atoms with van der Waals surface area (Å²) in [4.78, 5) is 12.1. The maximum atomic E-state index is 12.1. The van der Waals surface area contributed by atoms with Crippen molar-refractivity contribution in [3.8, 4) is 11.5 Å². The highest BCUT2D eigenvalue weighted by atomic mass is 16.5. The number of nitrogens with one attached hydrogen (secondary N) is 2. The number of rotatable bonds is 7. The molecule has 2 aromatic carbocycles. The van der Waals surface area contributed by atoms with Gasteiger partial charge in [-0.15, -0.1) is 0 Å². The molecule has 0 spiro atoms. The summed E-state index contributed by atoms with van der Waals surface area (Å²) < 4.78 is 11.5. The molecule has 5 nitrogen and oxygen atoms in total. The molecule has 1 fully saturated rings. The van der Waals surface area contributed by atoms with Gasteiger partial charge in [0.25, 0.3) is 5.91 Å². The Kier molecular flexibility index (Phi) is 6.29. The molecule has 0 radical (unpaired) electrons. The van der Waals surface area contributed by atoms with Crippen molar-refractivity contribution in [2.24, 2.45) is 0 Å². The third kappa shape index (κ3) is 5.50. The van der Waals surface area contributed by atoms with Crippen molar-refractivity contribution in [1.82, 2.24) is 10.6 Å². The molecule has 1 amide bonds. The standard InChI is InChI=1S/C20H24N2O3/c23-20(22-17-9-6-12-21-13-17)15-25-19-11-5-4-10-18(19)24-14-16-7-2-1-3-8-16/h1-5,7-8,10-11,17,21H,6,9,12-15H2,(H,22,23)/t17-/m0/s1. The van der Waals surface area contributed by atoms with E-state index in [2.05, 4.69) is 10.6 Å². The van der Waals surface area contributed by atoms with E-state index in [-0.39, 0.29) is 18.6 Å². The van der Waals surface area contributed by atoms with Gasteiger partial charge in [0.2, 0.25) is 0 Å². The number of para-hydroxylation sites is 2. The summed E-state index contributed by atoms with van der Waals surface area (Å²) in [5.41, 5.74) is 1.08. The van der Waals surface area contributed by atoms with Gasteiger partial charge in [-0.3, -0.25) is 4.79 Å². The SMILES string of the molecule is O=C(COc1ccccc1OCc1ccccc1)N[C@H]1CCCNC1. The van der Waals surface area contributed by atoms with E-state index in [1.807, 2.05) is 54.6 Å². The van der Waals surface area contributed by atoms with Gasteiger partial charge in [-0.25, -0.2) is 0 Å². The first-order chi connectivity index (χ1) is 12.3. The highest BCUT2D eigenvalue weighted by Gasteiger charge is 2.16. The maximum Gasteiger partial charge on any atom is 0.258 e. The topological polar surface area (TPSA) is 59.6 Å². The zero-order valence-corrected chi connectivity index (χ0v) is 14.2. The van der Waals surface area contributed by atoms with Crippen LogP contribution in [0.15, 0.2) is 54.6 Å². The van der Waals surface area contributed by atoms with Crippen molar-refractivity contribution in [3.63, 3.8) is 0 Å². The van der Waals surface area contributed by atoms with Crippen LogP contribution in [0.25, 0.3) is 0 Å². The maximum absolute atomic E-state index is 12.1. The average molecular weight is 340 g/mol. The summed E-state index contributed by atoms with van der Waals surface area (Å²) in [6, 6.07) is 17.6. The fraction of sp³-hybridized carbons (Fsp3) is 0.350. The molecule has 0 aliphatic carbocycles. The highest BCUT2D eigenvalue weighted by Crippen LogP contribution is 2.27. The van der Waals surface area contributed by atoms with Gasteiger partial charge < -0.3 is 20.1 Å². The molecule has 0 unspecified atom stereocenters. The monoisotopic (exact) mass is 340 g/mol. The van der Waals surface area contributed by atoms with Crippen LogP contribution >= 0.6 is 0 Å². The predicted molar refractivity (Wildman–Crippen MR) is 96.7 cm³/mol. The quantitative estimate of drug-likeness (QED) is 0.813. The Bertz CT molecular complexity index is 670. The summed E-state index contributed by atoms with van der Waals surface area (Å²) in [6.45, 7) is 2.29. The minimum Gasteiger partial charge on any atom is -0.485 e. The van der Waals surface area contributed by atoms with Crippen LogP contribution in [-0.2, 0) is 11.4 Å². The Labute approximate surface area is 148 Å². The molecule has 1 saturated heterocycles. The Morgan fingerprint density at radius 3 is 2.48 bits per heavy atom. The number of carbonyl (C=O) groups excluding carboxylic acids is 1. The Morgan fingerprint density at radius 2 is 1.76 bits per heavy atom. The first-order valence-electron chi connectivity index (χ1n) is 8.70. The largest absolute Gasteiger partial charge is 0.485 e. The lowest BCUT2D eigenvalue weighted by Crippen LogP contribution is -2.47. The van der Waals surface area contributed by atoms with Crippen molar-refractivity contribution in [2.45, 2.75) is 25.5 Å². The van der Waals surface area contributed by atoms with E-state index in [1.54, 1.807) is 0 Å². The summed E-state index contributed by atoms with van der Waals surface area (Å²) in [6.07, 6.45) is 2.09. The molecule has 2 aromatic rings. The third-order valence-corrected chi connectivity index (χ3v) is 4.11. The van der Waals surface area contributed by atoms with Crippen LogP contribution in [0.4, 0.5) is 0 Å². The smallest absolute Gasteiger partial charge is 0.258 e. The Morgan fingerprint density at radius 1 is 1.04 bits per heavy atom. The second-order valence-corrected chi connectivity index (χ2v) is 6.12. The number of hydrogen-bond donors (Lipinski definition) is 2. The molecule has 0 aromatic heterocycles. The third-order valence-electron chi connectivity index (χ3n) is 4.11. The number of ether oxygens (including phenoxy) is 2. The second-order valence-electron chi connectivity index (χ2n) is 6.12. The number of hydrogen-bond acceptors (Lipinski definition) is 4. The molecule has 0 bridgehead atoms. The minimum atomic E-state index is -0.105. The predicted octanol–water partition coefficient (Wildman–Crippen LogP) is 2.51. The van der Waals surface area contributed by atoms with Gasteiger partial charge in [0.05, 0.1) is 0 Å². The first-order valence-corrected chi connectivity index (χ1v) is 8.70. The molecule has 1 aliphatic rings. The van der Waals surface area contributed by atoms with Gasteiger partial charge in [-0.2, -0.15) is 0 Å². The molecule has 1 heterocycles. The molecular weight excluding hydrogens is 316 g/mol. The van der Waals surface area contributed by atoms with Crippen LogP contribution in [0.2, 0.25) is 0 Å². The first kappa shape index (κ1) is 17.3. The Hall–Kier alpha value is -2.53. The van der Waals surface area contributed by atoms with Crippen molar-refractivity contribution >= 4 is 5.91 Å². The van der Waals surface area contributed by atoms with Gasteiger partial charge in [0, 0.05) is 12.6 Å². The number of carbonyl (C=O) groups is 1. The van der Waals surface area contributed by atoms with Gasteiger partial charge in [0.15, 0.2) is 18.1 Å². The van der Waals surface area contributed by atoms with Crippen LogP contribution in [0.5, 0.6) is 11.5 Å². The minimum absolute atomic E-state index is 0.0117. The lowest BCUT2D eigenvalue weighted by atomic mass is 10.1. The van der Waals surface area contributed by atoms with Crippen LogP contribution in [0.1, 0.15) is 18.4 Å². The van der Waals surface area contributed by atoms with Gasteiger partial charge in [0.1, 0.15) is 6.61 Å². The van der Waals surface area contributed by atoms with Gasteiger partial charge in [-0.05, 0) is 37.1 Å². The fourth-order valence-corrected chi connectivity index (χ4v) is 2.81. The van der Waals surface area contributed by atoms with Crippen LogP contribution in [-0.4, -0.2) is 31.6 Å². The molecule has 2 N–H and O–H groups in total. The van der Waals surface area contributed by atoms with Gasteiger partial charge >= 0.3 is 0 Å². The van der Waals surface area contributed by atoms with Gasteiger partial charge in [-0.1, -0.05) is 42.5 Å². The lowest BCUT2D eigenvalue weighted by molar-refractivity contribution is -0.123. The zero-order chi connectivity index (χ0) is 17.3. The summed E-state index contributed by atoms with van der Waals surface area (Å²) >= 11 is 0. The van der Waals surface area contributed by atoms with Crippen LogP contribution in [0, 0.1) is 0 Å². The summed E-state index contributed by atoms with van der Waals surface area (Å²) in [5, 5.41) is 6.28. The summed E-state index contributed by atoms with van der Waals surface area (Å²) in [5.74, 6) is 1.11. The second kappa shape index (κ2) is 9.08. The van der Waals surface area contributed by atoms with E-state index >= 15 is 0 Å². The number of piperidine rings is 1. The van der Waals surface area contributed by atoms with E-state index < -0.39 is 0 Å². The lowest BCUT2D eigenvalue weighted by Gasteiger charge is -2.23. The van der Waals surface area contributed by atoms with Crippen molar-refractivity contribution in [3.05, 3.63) is 60.2 Å². The molecule has 5 heteroatoms. The van der Waals surface area contributed by atoms with E-state index in [1.165, 1.54) is 0 Å². The van der Waals surface area contributed by atoms with Crippen molar-refractivity contribution in [1.29, 1.82) is 0 Å². The molecule has 132 valence electrons. The van der Waals surface area contributed by atoms with Crippen molar-refractivity contribution < 1.29 is 14.3 Å². The van der Waals surface area contributed by atoms with E-state index in [9.17, 15) is 4.79 Å². The fourth-order valence-electron chi connectivity index (χ4n) is 2.81. The molecule has 25 heavy (non-hydrogen) atoms. The molecule has 3 rings (SSSR count). The van der Waals surface area contributed by atoms with E-state index in [0.717, 1.165) is 31.5 Å². The molecular formula is C20H24N2O3. The molecule has 0 saturated carbocycles. The molecule has 1 atom stereocenters. The van der Waals surface area contributed by atoms with E-state index in [0.29, 0.717) is 18.1 Å². The van der Waals surface area contributed by atoms with Crippen LogP contribution in [0.3, 0.4) is 0 Å². The molecule has 1 aliphatic heterocycles. The highest BCUT2D eigenvalue weighted by molar-refractivity contribution is 5.78. The number of amides is 1. The average Bonchev–Trinajstić information content (AvgIpc) is 2.67. The normalized spacial score (nSPS) is 16.9. The zero-order valence-electron chi connectivity index (χ0n) is 14.2. The van der Waals surface area contributed by atoms with Crippen molar-refractivity contribution in [2.75, 3.05) is 19.7 Å². The summed E-state index contributed by atoms with van der Waals surface area (Å²) in [7, 11) is 0.